The fraction of sp³-hybridized carbons (Fsp3) is 0.333. The van der Waals surface area contributed by atoms with Crippen LogP contribution in [0.3, 0.4) is 0 Å². The van der Waals surface area contributed by atoms with Crippen LogP contribution in [0.15, 0.2) is 45.3 Å². The van der Waals surface area contributed by atoms with Gasteiger partial charge in [-0.05, 0) is 29.8 Å². The molecule has 0 amide bonds. The molecule has 2 N–H and O–H groups in total. The number of phenols is 1. The molecule has 1 aliphatic heterocycles. The molecule has 0 unspecified atom stereocenters. The summed E-state index contributed by atoms with van der Waals surface area (Å²) in [6.07, 6.45) is -4.73. The first-order valence-corrected chi connectivity index (χ1v) is 9.81. The zero-order valence-electron chi connectivity index (χ0n) is 14.9. The van der Waals surface area contributed by atoms with E-state index in [-0.39, 0.29) is 42.4 Å². The predicted molar refractivity (Wildman–Crippen MR) is 117 cm³/mol. The molecule has 0 radical (unpaired) electrons. The highest BCUT2D eigenvalue weighted by atomic mass is 79.9. The minimum Gasteiger partial charge on any atom is -0.508 e. The summed E-state index contributed by atoms with van der Waals surface area (Å²) in [6.45, 7) is 3.07. The molecule has 29 heavy (non-hydrogen) atoms. The van der Waals surface area contributed by atoms with Gasteiger partial charge in [0.05, 0.1) is 6.04 Å². The molecule has 1 atom stereocenters. The van der Waals surface area contributed by atoms with Crippen LogP contribution in [-0.2, 0) is 0 Å². The molecule has 2 aromatic carbocycles. The number of piperazine rings is 1. The van der Waals surface area contributed by atoms with Crippen molar-refractivity contribution in [3.05, 3.63) is 56.5 Å². The Kier molecular flexibility index (Phi) is 10.0. The van der Waals surface area contributed by atoms with E-state index in [1.165, 1.54) is 12.1 Å². The normalized spacial score (nSPS) is 15.8. The Morgan fingerprint density at radius 3 is 2.14 bits per heavy atom. The van der Waals surface area contributed by atoms with Crippen LogP contribution in [0, 0.1) is 0 Å². The van der Waals surface area contributed by atoms with Gasteiger partial charge in [-0.15, -0.1) is 38.0 Å². The zero-order chi connectivity index (χ0) is 19.6. The third-order valence-corrected chi connectivity index (χ3v) is 5.41. The first kappa shape index (κ1) is 26.3. The molecule has 1 fully saturated rings. The van der Waals surface area contributed by atoms with E-state index >= 15 is 0 Å². The third-order valence-electron chi connectivity index (χ3n) is 4.29. The SMILES string of the molecule is Cl.Cl.Oc1cc(Br)cc(Br)c1[C@@H](c1ccc(OC(F)(F)F)cc1)N1CCNCC1. The molecule has 1 heterocycles. The molecule has 0 saturated carbocycles. The second-order valence-electron chi connectivity index (χ2n) is 6.13. The zero-order valence-corrected chi connectivity index (χ0v) is 19.7. The highest BCUT2D eigenvalue weighted by Crippen LogP contribution is 2.41. The summed E-state index contributed by atoms with van der Waals surface area (Å²) >= 11 is 6.86. The summed E-state index contributed by atoms with van der Waals surface area (Å²) in [5, 5.41) is 13.8. The van der Waals surface area contributed by atoms with E-state index in [1.54, 1.807) is 18.2 Å². The number of phenolic OH excluding ortho intramolecular Hbond substituents is 1. The van der Waals surface area contributed by atoms with E-state index in [9.17, 15) is 18.3 Å². The molecule has 11 heteroatoms. The molecule has 0 aromatic heterocycles. The van der Waals surface area contributed by atoms with Gasteiger partial charge in [0.2, 0.25) is 0 Å². The number of benzene rings is 2. The Labute approximate surface area is 195 Å². The minimum atomic E-state index is -4.73. The molecule has 0 bridgehead atoms. The maximum Gasteiger partial charge on any atom is 0.573 e. The lowest BCUT2D eigenvalue weighted by atomic mass is 9.95. The Morgan fingerprint density at radius 1 is 1.03 bits per heavy atom. The molecule has 2 aromatic rings. The van der Waals surface area contributed by atoms with Crippen molar-refractivity contribution in [1.82, 2.24) is 10.2 Å². The number of nitrogens with zero attached hydrogens (tertiary/aromatic N) is 1. The summed E-state index contributed by atoms with van der Waals surface area (Å²) in [5.41, 5.74) is 1.44. The van der Waals surface area contributed by atoms with Gasteiger partial charge in [0.15, 0.2) is 0 Å². The number of rotatable bonds is 4. The average molecular weight is 583 g/mol. The van der Waals surface area contributed by atoms with Crippen molar-refractivity contribution in [2.24, 2.45) is 0 Å². The van der Waals surface area contributed by atoms with Crippen LogP contribution >= 0.6 is 56.7 Å². The van der Waals surface area contributed by atoms with Crippen molar-refractivity contribution in [3.8, 4) is 11.5 Å². The number of halogens is 7. The van der Waals surface area contributed by atoms with E-state index in [0.29, 0.717) is 10.0 Å². The highest BCUT2D eigenvalue weighted by molar-refractivity contribution is 9.11. The molecular weight excluding hydrogens is 564 g/mol. The van der Waals surface area contributed by atoms with E-state index in [2.05, 4.69) is 46.8 Å². The highest BCUT2D eigenvalue weighted by Gasteiger charge is 2.32. The molecule has 4 nitrogen and oxygen atoms in total. The number of hydrogen-bond acceptors (Lipinski definition) is 4. The fourth-order valence-electron chi connectivity index (χ4n) is 3.19. The number of hydrogen-bond donors (Lipinski definition) is 2. The van der Waals surface area contributed by atoms with Gasteiger partial charge in [0.1, 0.15) is 11.5 Å². The molecule has 0 spiro atoms. The minimum absolute atomic E-state index is 0. The molecular formula is C18H19Br2Cl2F3N2O2. The van der Waals surface area contributed by atoms with Crippen LogP contribution in [0.4, 0.5) is 13.2 Å². The summed E-state index contributed by atoms with van der Waals surface area (Å²) in [5.74, 6) is -0.167. The summed E-state index contributed by atoms with van der Waals surface area (Å²) < 4.78 is 42.7. The number of aromatic hydroxyl groups is 1. The maximum absolute atomic E-state index is 12.4. The quantitative estimate of drug-likeness (QED) is 0.489. The lowest BCUT2D eigenvalue weighted by Gasteiger charge is -2.36. The predicted octanol–water partition coefficient (Wildman–Crippen LogP) is 5.65. The lowest BCUT2D eigenvalue weighted by molar-refractivity contribution is -0.274. The van der Waals surface area contributed by atoms with Crippen molar-refractivity contribution in [2.45, 2.75) is 12.4 Å². The molecule has 1 saturated heterocycles. The second kappa shape index (κ2) is 11.1. The van der Waals surface area contributed by atoms with E-state index in [4.69, 9.17) is 0 Å². The van der Waals surface area contributed by atoms with Crippen LogP contribution in [-0.4, -0.2) is 42.5 Å². The van der Waals surface area contributed by atoms with Crippen molar-refractivity contribution in [3.63, 3.8) is 0 Å². The second-order valence-corrected chi connectivity index (χ2v) is 7.90. The van der Waals surface area contributed by atoms with Gasteiger partial charge >= 0.3 is 6.36 Å². The smallest absolute Gasteiger partial charge is 0.508 e. The van der Waals surface area contributed by atoms with E-state index < -0.39 is 6.36 Å². The van der Waals surface area contributed by atoms with Crippen molar-refractivity contribution in [1.29, 1.82) is 0 Å². The Hall–Kier alpha value is -0.710. The summed E-state index contributed by atoms with van der Waals surface area (Å²) in [4.78, 5) is 2.18. The lowest BCUT2D eigenvalue weighted by Crippen LogP contribution is -2.45. The topological polar surface area (TPSA) is 44.7 Å². The van der Waals surface area contributed by atoms with Crippen molar-refractivity contribution >= 4 is 56.7 Å². The Bertz CT molecular complexity index is 782. The number of alkyl halides is 3. The standard InChI is InChI=1S/C18H17Br2F3N2O2.2ClH/c19-12-9-14(20)16(15(26)10-12)17(25-7-5-24-6-8-25)11-1-3-13(4-2-11)27-18(21,22)23;;/h1-4,9-10,17,24,26H,5-8H2;2*1H/t17-;;/m1../s1. The largest absolute Gasteiger partial charge is 0.573 e. The summed E-state index contributed by atoms with van der Waals surface area (Å²) in [7, 11) is 0. The Balaban J connectivity index is 0.00000210. The average Bonchev–Trinajstić information content (AvgIpc) is 2.58. The van der Waals surface area contributed by atoms with Gasteiger partial charge in [-0.3, -0.25) is 4.90 Å². The number of nitrogens with one attached hydrogen (secondary N) is 1. The van der Waals surface area contributed by atoms with E-state index in [0.717, 1.165) is 36.2 Å². The first-order chi connectivity index (χ1) is 12.7. The van der Waals surface area contributed by atoms with Gasteiger partial charge in [0, 0.05) is 40.7 Å². The fourth-order valence-corrected chi connectivity index (χ4v) is 4.61. The van der Waals surface area contributed by atoms with Gasteiger partial charge in [-0.2, -0.15) is 0 Å². The van der Waals surface area contributed by atoms with Crippen LogP contribution in [0.25, 0.3) is 0 Å². The molecule has 0 aliphatic carbocycles. The molecule has 1 aliphatic rings. The van der Waals surface area contributed by atoms with Gasteiger partial charge < -0.3 is 15.2 Å². The first-order valence-electron chi connectivity index (χ1n) is 8.23. The monoisotopic (exact) mass is 580 g/mol. The van der Waals surface area contributed by atoms with Crippen LogP contribution < -0.4 is 10.1 Å². The van der Waals surface area contributed by atoms with Crippen LogP contribution in [0.1, 0.15) is 17.2 Å². The van der Waals surface area contributed by atoms with Crippen molar-refractivity contribution in [2.75, 3.05) is 26.2 Å². The number of ether oxygens (including phenoxy) is 1. The maximum atomic E-state index is 12.4. The van der Waals surface area contributed by atoms with Gasteiger partial charge in [0.25, 0.3) is 0 Å². The van der Waals surface area contributed by atoms with Crippen LogP contribution in [0.2, 0.25) is 0 Å². The third kappa shape index (κ3) is 6.90. The van der Waals surface area contributed by atoms with Crippen LogP contribution in [0.5, 0.6) is 11.5 Å². The van der Waals surface area contributed by atoms with Gasteiger partial charge in [-0.1, -0.05) is 44.0 Å². The van der Waals surface area contributed by atoms with Crippen molar-refractivity contribution < 1.29 is 23.0 Å². The molecule has 162 valence electrons. The summed E-state index contributed by atoms with van der Waals surface area (Å²) in [6, 6.07) is 8.92. The Morgan fingerprint density at radius 2 is 1.62 bits per heavy atom. The molecule has 3 rings (SSSR count). The van der Waals surface area contributed by atoms with E-state index in [1.807, 2.05) is 6.07 Å². The van der Waals surface area contributed by atoms with Gasteiger partial charge in [-0.25, -0.2) is 0 Å².